The summed E-state index contributed by atoms with van der Waals surface area (Å²) < 4.78 is 11.0. The molecule has 0 amide bonds. The summed E-state index contributed by atoms with van der Waals surface area (Å²) in [5.41, 5.74) is 3.23. The van der Waals surface area contributed by atoms with Gasteiger partial charge in [-0.25, -0.2) is 0 Å². The number of hydrogen-bond donors (Lipinski definition) is 0. The molecule has 3 nitrogen and oxygen atoms in total. The van der Waals surface area contributed by atoms with Gasteiger partial charge in [0.15, 0.2) is 0 Å². The fourth-order valence-corrected chi connectivity index (χ4v) is 3.15. The van der Waals surface area contributed by atoms with Crippen LogP contribution in [0.2, 0.25) is 0 Å². The smallest absolute Gasteiger partial charge is 0.123 e. The van der Waals surface area contributed by atoms with E-state index in [-0.39, 0.29) is 10.8 Å². The Morgan fingerprint density at radius 1 is 1.21 bits per heavy atom. The van der Waals surface area contributed by atoms with E-state index in [1.54, 1.807) is 7.11 Å². The standard InChI is InChI=1S/C16H19NO2/c1-11-6-13(14(18-3)7-12(11)2)16(9-19-10-16)15(8-17)4-5-15/h6-7H,4-5,9-10H2,1-3H3. The van der Waals surface area contributed by atoms with Gasteiger partial charge in [-0.2, -0.15) is 5.26 Å². The maximum Gasteiger partial charge on any atom is 0.123 e. The Labute approximate surface area is 114 Å². The van der Waals surface area contributed by atoms with Crippen molar-refractivity contribution in [2.24, 2.45) is 5.41 Å². The maximum absolute atomic E-state index is 9.56. The van der Waals surface area contributed by atoms with Crippen LogP contribution >= 0.6 is 0 Å². The van der Waals surface area contributed by atoms with E-state index >= 15 is 0 Å². The molecule has 0 N–H and O–H groups in total. The molecule has 2 fully saturated rings. The molecule has 1 heterocycles. The summed E-state index contributed by atoms with van der Waals surface area (Å²) in [5.74, 6) is 0.896. The summed E-state index contributed by atoms with van der Waals surface area (Å²) >= 11 is 0. The zero-order valence-corrected chi connectivity index (χ0v) is 11.7. The summed E-state index contributed by atoms with van der Waals surface area (Å²) in [5, 5.41) is 9.56. The number of rotatable bonds is 3. The van der Waals surface area contributed by atoms with E-state index in [0.717, 1.165) is 24.2 Å². The number of aryl methyl sites for hydroxylation is 2. The fourth-order valence-electron chi connectivity index (χ4n) is 3.15. The van der Waals surface area contributed by atoms with Crippen molar-refractivity contribution in [1.82, 2.24) is 0 Å². The number of ether oxygens (including phenoxy) is 2. The van der Waals surface area contributed by atoms with E-state index in [2.05, 4.69) is 32.0 Å². The monoisotopic (exact) mass is 257 g/mol. The van der Waals surface area contributed by atoms with Crippen LogP contribution in [0.3, 0.4) is 0 Å². The average molecular weight is 257 g/mol. The maximum atomic E-state index is 9.56. The SMILES string of the molecule is COc1cc(C)c(C)cc1C1(C2(C#N)CC2)COC1. The third kappa shape index (κ3) is 1.53. The fraction of sp³-hybridized carbons (Fsp3) is 0.562. The molecule has 0 spiro atoms. The molecule has 100 valence electrons. The predicted octanol–water partition coefficient (Wildman–Crippen LogP) is 2.88. The average Bonchev–Trinajstić information content (AvgIpc) is 3.13. The van der Waals surface area contributed by atoms with Crippen molar-refractivity contribution >= 4 is 0 Å². The van der Waals surface area contributed by atoms with Crippen molar-refractivity contribution in [3.63, 3.8) is 0 Å². The van der Waals surface area contributed by atoms with Gasteiger partial charge in [0.2, 0.25) is 0 Å². The summed E-state index contributed by atoms with van der Waals surface area (Å²) in [4.78, 5) is 0. The third-order valence-electron chi connectivity index (χ3n) is 4.91. The van der Waals surface area contributed by atoms with Crippen LogP contribution in [0.5, 0.6) is 5.75 Å². The topological polar surface area (TPSA) is 42.2 Å². The van der Waals surface area contributed by atoms with Gasteiger partial charge < -0.3 is 9.47 Å². The molecular formula is C16H19NO2. The highest BCUT2D eigenvalue weighted by atomic mass is 16.5. The Hall–Kier alpha value is -1.53. The van der Waals surface area contributed by atoms with Crippen LogP contribution in [0.25, 0.3) is 0 Å². The highest BCUT2D eigenvalue weighted by Gasteiger charge is 2.65. The molecule has 1 saturated carbocycles. The van der Waals surface area contributed by atoms with Gasteiger partial charge in [0.25, 0.3) is 0 Å². The van der Waals surface area contributed by atoms with Crippen LogP contribution in [0.4, 0.5) is 0 Å². The second-order valence-corrected chi connectivity index (χ2v) is 5.91. The van der Waals surface area contributed by atoms with Gasteiger partial charge in [-0.1, -0.05) is 6.07 Å². The third-order valence-corrected chi connectivity index (χ3v) is 4.91. The molecule has 1 aromatic rings. The largest absolute Gasteiger partial charge is 0.496 e. The molecule has 1 aromatic carbocycles. The number of nitrogens with zero attached hydrogens (tertiary/aromatic N) is 1. The van der Waals surface area contributed by atoms with Crippen molar-refractivity contribution in [2.75, 3.05) is 20.3 Å². The zero-order valence-electron chi connectivity index (χ0n) is 11.7. The minimum atomic E-state index is -0.236. The molecule has 0 unspecified atom stereocenters. The van der Waals surface area contributed by atoms with Crippen molar-refractivity contribution in [2.45, 2.75) is 32.1 Å². The number of benzene rings is 1. The van der Waals surface area contributed by atoms with Crippen molar-refractivity contribution in [1.29, 1.82) is 5.26 Å². The van der Waals surface area contributed by atoms with Crippen LogP contribution in [0.1, 0.15) is 29.5 Å². The predicted molar refractivity (Wildman–Crippen MR) is 72.2 cm³/mol. The van der Waals surface area contributed by atoms with Gasteiger partial charge in [0.1, 0.15) is 5.75 Å². The molecule has 1 saturated heterocycles. The number of methoxy groups -OCH3 is 1. The first-order valence-electron chi connectivity index (χ1n) is 6.73. The Balaban J connectivity index is 2.15. The van der Waals surface area contributed by atoms with E-state index in [9.17, 15) is 5.26 Å². The Kier molecular flexibility index (Phi) is 2.62. The van der Waals surface area contributed by atoms with Crippen molar-refractivity contribution in [3.05, 3.63) is 28.8 Å². The molecule has 0 aromatic heterocycles. The minimum absolute atomic E-state index is 0.161. The van der Waals surface area contributed by atoms with E-state index in [1.165, 1.54) is 11.1 Å². The first-order chi connectivity index (χ1) is 9.08. The second kappa shape index (κ2) is 3.98. The Morgan fingerprint density at radius 2 is 1.84 bits per heavy atom. The molecule has 0 bridgehead atoms. The molecule has 3 rings (SSSR count). The molecule has 19 heavy (non-hydrogen) atoms. The summed E-state index contributed by atoms with van der Waals surface area (Å²) in [6.07, 6.45) is 1.95. The van der Waals surface area contributed by atoms with Crippen molar-refractivity contribution in [3.8, 4) is 11.8 Å². The molecule has 3 heteroatoms. The van der Waals surface area contributed by atoms with Gasteiger partial charge >= 0.3 is 0 Å². The quantitative estimate of drug-likeness (QED) is 0.836. The van der Waals surface area contributed by atoms with Gasteiger partial charge in [0.05, 0.1) is 37.2 Å². The summed E-state index contributed by atoms with van der Waals surface area (Å²) in [6.45, 7) is 5.47. The number of nitriles is 1. The van der Waals surface area contributed by atoms with Gasteiger partial charge in [-0.15, -0.1) is 0 Å². The molecule has 0 radical (unpaired) electrons. The van der Waals surface area contributed by atoms with Gasteiger partial charge in [-0.3, -0.25) is 0 Å². The normalized spacial score (nSPS) is 22.2. The molecular weight excluding hydrogens is 238 g/mol. The molecule has 2 aliphatic rings. The highest BCUT2D eigenvalue weighted by molar-refractivity contribution is 5.51. The molecule has 1 aliphatic heterocycles. The van der Waals surface area contributed by atoms with Crippen LogP contribution < -0.4 is 4.74 Å². The lowest BCUT2D eigenvalue weighted by molar-refractivity contribution is -0.0876. The molecule has 0 atom stereocenters. The lowest BCUT2D eigenvalue weighted by Gasteiger charge is -2.46. The van der Waals surface area contributed by atoms with E-state index < -0.39 is 0 Å². The van der Waals surface area contributed by atoms with Crippen molar-refractivity contribution < 1.29 is 9.47 Å². The number of hydrogen-bond acceptors (Lipinski definition) is 3. The zero-order chi connectivity index (χ0) is 13.7. The van der Waals surface area contributed by atoms with Crippen LogP contribution in [-0.2, 0) is 10.2 Å². The lowest BCUT2D eigenvalue weighted by atomic mass is 9.66. The highest BCUT2D eigenvalue weighted by Crippen LogP contribution is 2.63. The Morgan fingerprint density at radius 3 is 2.26 bits per heavy atom. The van der Waals surface area contributed by atoms with E-state index in [1.807, 2.05) is 0 Å². The van der Waals surface area contributed by atoms with Crippen LogP contribution in [0.15, 0.2) is 12.1 Å². The summed E-state index contributed by atoms with van der Waals surface area (Å²) in [6, 6.07) is 6.81. The second-order valence-electron chi connectivity index (χ2n) is 5.91. The Bertz CT molecular complexity index is 563. The van der Waals surface area contributed by atoms with E-state index in [4.69, 9.17) is 9.47 Å². The van der Waals surface area contributed by atoms with Gasteiger partial charge in [0, 0.05) is 5.56 Å². The first kappa shape index (κ1) is 12.5. The van der Waals surface area contributed by atoms with Gasteiger partial charge in [-0.05, 0) is 43.9 Å². The minimum Gasteiger partial charge on any atom is -0.496 e. The van der Waals surface area contributed by atoms with E-state index in [0.29, 0.717) is 13.2 Å². The van der Waals surface area contributed by atoms with Crippen LogP contribution in [-0.4, -0.2) is 20.3 Å². The van der Waals surface area contributed by atoms with Crippen LogP contribution in [0, 0.1) is 30.6 Å². The summed E-state index contributed by atoms with van der Waals surface area (Å²) in [7, 11) is 1.70. The first-order valence-corrected chi connectivity index (χ1v) is 6.73. The lowest BCUT2D eigenvalue weighted by Crippen LogP contribution is -2.53. The molecule has 1 aliphatic carbocycles.